The van der Waals surface area contributed by atoms with Crippen LogP contribution in [0.3, 0.4) is 0 Å². The number of carbonyl (C=O) groups is 2. The lowest BCUT2D eigenvalue weighted by Gasteiger charge is -1.97. The molecule has 1 N–H and O–H groups in total. The highest BCUT2D eigenvalue weighted by Crippen LogP contribution is 1.71. The second-order valence-electron chi connectivity index (χ2n) is 0.999. The third kappa shape index (κ3) is 3.42. The van der Waals surface area contributed by atoms with Gasteiger partial charge in [0.1, 0.15) is 0 Å². The van der Waals surface area contributed by atoms with Crippen LogP contribution in [-0.2, 0) is 4.79 Å². The number of amides is 2. The number of rotatable bonds is 1. The molecule has 0 aliphatic carbocycles. The van der Waals surface area contributed by atoms with Gasteiger partial charge >= 0.3 is 6.09 Å². The average molecular weight is 140 g/mol. The zero-order chi connectivity index (χ0) is 5.86. The number of hydrogen-bond acceptors (Lipinski definition) is 2. The Bertz CT molecular complexity index is 94.5. The Morgan fingerprint density at radius 2 is 2.12 bits per heavy atom. The largest absolute Gasteiger partial charge is 0.465 e. The minimum absolute atomic E-state index is 0. The SMILES string of the molecule is CN(C=O)C(=O)O.Cl. The normalized spacial score (nSPS) is 6.62. The molecule has 2 amide bonds. The molecule has 0 saturated heterocycles. The minimum atomic E-state index is -1.24. The van der Waals surface area contributed by atoms with Gasteiger partial charge in [0.15, 0.2) is 0 Å². The van der Waals surface area contributed by atoms with E-state index in [1.165, 1.54) is 0 Å². The van der Waals surface area contributed by atoms with E-state index in [0.29, 0.717) is 4.90 Å². The molecule has 0 aromatic heterocycles. The molecule has 0 rings (SSSR count). The number of carboxylic acid groups (broad SMARTS) is 1. The van der Waals surface area contributed by atoms with Crippen molar-refractivity contribution in [2.24, 2.45) is 0 Å². The fraction of sp³-hybridized carbons (Fsp3) is 0.333. The molecule has 0 radical (unpaired) electrons. The van der Waals surface area contributed by atoms with Crippen LogP contribution in [0.1, 0.15) is 0 Å². The van der Waals surface area contributed by atoms with E-state index in [9.17, 15) is 9.59 Å². The van der Waals surface area contributed by atoms with Crippen molar-refractivity contribution in [1.29, 1.82) is 0 Å². The Morgan fingerprint density at radius 1 is 1.75 bits per heavy atom. The van der Waals surface area contributed by atoms with E-state index in [0.717, 1.165) is 7.05 Å². The maximum absolute atomic E-state index is 9.62. The van der Waals surface area contributed by atoms with Gasteiger partial charge in [-0.25, -0.2) is 4.79 Å². The second-order valence-corrected chi connectivity index (χ2v) is 0.999. The maximum atomic E-state index is 9.62. The van der Waals surface area contributed by atoms with Gasteiger partial charge in [-0.1, -0.05) is 0 Å². The lowest BCUT2D eigenvalue weighted by atomic mass is 10.9. The van der Waals surface area contributed by atoms with Gasteiger partial charge in [0.25, 0.3) is 0 Å². The number of imide groups is 1. The average Bonchev–Trinajstić information content (AvgIpc) is 1.65. The quantitative estimate of drug-likeness (QED) is 0.527. The van der Waals surface area contributed by atoms with E-state index in [-0.39, 0.29) is 18.8 Å². The molecule has 4 nitrogen and oxygen atoms in total. The van der Waals surface area contributed by atoms with Crippen molar-refractivity contribution in [3.8, 4) is 0 Å². The summed E-state index contributed by atoms with van der Waals surface area (Å²) in [7, 11) is 1.16. The summed E-state index contributed by atoms with van der Waals surface area (Å²) in [6.07, 6.45) is -1.02. The zero-order valence-corrected chi connectivity index (χ0v) is 5.01. The summed E-state index contributed by atoms with van der Waals surface area (Å²) in [4.78, 5) is 19.6. The van der Waals surface area contributed by atoms with Crippen LogP contribution >= 0.6 is 12.4 Å². The molecule has 0 bridgehead atoms. The van der Waals surface area contributed by atoms with Crippen LogP contribution < -0.4 is 0 Å². The van der Waals surface area contributed by atoms with Gasteiger partial charge in [-0.2, -0.15) is 0 Å². The van der Waals surface area contributed by atoms with Crippen molar-refractivity contribution in [2.75, 3.05) is 7.05 Å². The summed E-state index contributed by atoms with van der Waals surface area (Å²) in [6, 6.07) is 0. The van der Waals surface area contributed by atoms with Gasteiger partial charge in [0.05, 0.1) is 0 Å². The van der Waals surface area contributed by atoms with Crippen LogP contribution in [-0.4, -0.2) is 29.6 Å². The van der Waals surface area contributed by atoms with E-state index in [2.05, 4.69) is 0 Å². The highest BCUT2D eigenvalue weighted by molar-refractivity contribution is 5.85. The first-order valence-corrected chi connectivity index (χ1v) is 1.59. The molecule has 0 aliphatic rings. The lowest BCUT2D eigenvalue weighted by Crippen LogP contribution is -2.22. The molecule has 48 valence electrons. The van der Waals surface area contributed by atoms with Gasteiger partial charge in [0, 0.05) is 7.05 Å². The molecule has 0 atom stereocenters. The van der Waals surface area contributed by atoms with Gasteiger partial charge in [-0.15, -0.1) is 12.4 Å². The molecular formula is C3H6ClNO3. The predicted octanol–water partition coefficient (Wildman–Crippen LogP) is 0.174. The molecule has 5 heteroatoms. The second kappa shape index (κ2) is 4.39. The number of nitrogens with zero attached hydrogens (tertiary/aromatic N) is 1. The van der Waals surface area contributed by atoms with Crippen molar-refractivity contribution >= 4 is 24.9 Å². The molecule has 0 aromatic rings. The van der Waals surface area contributed by atoms with E-state index < -0.39 is 6.09 Å². The minimum Gasteiger partial charge on any atom is -0.465 e. The number of halogens is 1. The van der Waals surface area contributed by atoms with E-state index in [1.54, 1.807) is 0 Å². The Labute approximate surface area is 52.5 Å². The van der Waals surface area contributed by atoms with Gasteiger partial charge in [-0.3, -0.25) is 9.69 Å². The third-order valence-corrected chi connectivity index (χ3v) is 0.460. The summed E-state index contributed by atoms with van der Waals surface area (Å²) >= 11 is 0. The molecule has 0 heterocycles. The monoisotopic (exact) mass is 139 g/mol. The van der Waals surface area contributed by atoms with Gasteiger partial charge in [-0.05, 0) is 0 Å². The molecule has 8 heavy (non-hydrogen) atoms. The number of carbonyl (C=O) groups excluding carboxylic acids is 1. The molecule has 0 aliphatic heterocycles. The highest BCUT2D eigenvalue weighted by Gasteiger charge is 1.98. The van der Waals surface area contributed by atoms with Crippen LogP contribution in [0.25, 0.3) is 0 Å². The van der Waals surface area contributed by atoms with Crippen LogP contribution in [0.5, 0.6) is 0 Å². The smallest absolute Gasteiger partial charge is 0.413 e. The zero-order valence-electron chi connectivity index (χ0n) is 4.20. The van der Waals surface area contributed by atoms with E-state index in [4.69, 9.17) is 5.11 Å². The van der Waals surface area contributed by atoms with Crippen LogP contribution in [0.15, 0.2) is 0 Å². The van der Waals surface area contributed by atoms with Crippen molar-refractivity contribution in [2.45, 2.75) is 0 Å². The molecule has 0 spiro atoms. The first-order valence-electron chi connectivity index (χ1n) is 1.59. The number of hydrogen-bond donors (Lipinski definition) is 1. The van der Waals surface area contributed by atoms with Gasteiger partial charge < -0.3 is 5.11 Å². The van der Waals surface area contributed by atoms with E-state index >= 15 is 0 Å². The molecular weight excluding hydrogens is 133 g/mol. The molecule has 0 fully saturated rings. The predicted molar refractivity (Wildman–Crippen MR) is 29.1 cm³/mol. The topological polar surface area (TPSA) is 57.6 Å². The Kier molecular flexibility index (Phi) is 5.63. The maximum Gasteiger partial charge on any atom is 0.413 e. The summed E-state index contributed by atoms with van der Waals surface area (Å²) in [5.41, 5.74) is 0. The first-order chi connectivity index (χ1) is 3.18. The highest BCUT2D eigenvalue weighted by atomic mass is 35.5. The molecule has 0 saturated carbocycles. The first kappa shape index (κ1) is 10.3. The Morgan fingerprint density at radius 3 is 2.12 bits per heavy atom. The van der Waals surface area contributed by atoms with Crippen molar-refractivity contribution in [1.82, 2.24) is 4.90 Å². The van der Waals surface area contributed by atoms with Crippen molar-refractivity contribution in [3.05, 3.63) is 0 Å². The van der Waals surface area contributed by atoms with Crippen molar-refractivity contribution < 1.29 is 14.7 Å². The van der Waals surface area contributed by atoms with Gasteiger partial charge in [0.2, 0.25) is 6.41 Å². The Balaban J connectivity index is 0. The summed E-state index contributed by atoms with van der Waals surface area (Å²) in [5, 5.41) is 7.88. The summed E-state index contributed by atoms with van der Waals surface area (Å²) < 4.78 is 0. The van der Waals surface area contributed by atoms with Crippen LogP contribution in [0.4, 0.5) is 4.79 Å². The fourth-order valence-corrected chi connectivity index (χ4v) is 0.0451. The fourth-order valence-electron chi connectivity index (χ4n) is 0.0451. The standard InChI is InChI=1S/C3H5NO3.ClH/c1-4(2-5)3(6)7;/h2H,1H3,(H,6,7);1H. The molecule has 0 aromatic carbocycles. The van der Waals surface area contributed by atoms with Crippen LogP contribution in [0.2, 0.25) is 0 Å². The summed E-state index contributed by atoms with van der Waals surface area (Å²) in [6.45, 7) is 0. The van der Waals surface area contributed by atoms with Crippen LogP contribution in [0, 0.1) is 0 Å². The Hall–Kier alpha value is -0.770. The lowest BCUT2D eigenvalue weighted by molar-refractivity contribution is -0.115. The summed E-state index contributed by atoms with van der Waals surface area (Å²) in [5.74, 6) is 0. The van der Waals surface area contributed by atoms with Crippen molar-refractivity contribution in [3.63, 3.8) is 0 Å². The molecule has 0 unspecified atom stereocenters. The van der Waals surface area contributed by atoms with E-state index in [1.807, 2.05) is 0 Å². The third-order valence-electron chi connectivity index (χ3n) is 0.460.